The molecule has 10 heteroatoms. The third-order valence-corrected chi connectivity index (χ3v) is 7.52. The molecule has 0 aliphatic carbocycles. The second-order valence-electron chi connectivity index (χ2n) is 10.7. The van der Waals surface area contributed by atoms with Gasteiger partial charge in [-0.15, -0.1) is 0 Å². The quantitative estimate of drug-likeness (QED) is 0.330. The van der Waals surface area contributed by atoms with Gasteiger partial charge in [-0.2, -0.15) is 0 Å². The SMILES string of the molecule is C[C@@H]1Cc2c([nH]c3cc(C(=O)O)ccc23)[C@@H](c2c(F)cc(C=C3CN(CCCF)C3)cc2F)N1CC(C)(F)F. The number of aromatic nitrogens is 1. The summed E-state index contributed by atoms with van der Waals surface area (Å²) < 4.78 is 72.5. The predicted molar refractivity (Wildman–Crippen MR) is 139 cm³/mol. The van der Waals surface area contributed by atoms with E-state index < -0.39 is 48.8 Å². The van der Waals surface area contributed by atoms with Crippen molar-refractivity contribution in [1.29, 1.82) is 0 Å². The molecule has 0 spiro atoms. The number of fused-ring (bicyclic) bond motifs is 3. The number of carboxylic acids is 1. The molecule has 1 fully saturated rings. The number of carbonyl (C=O) groups is 1. The molecule has 2 aliphatic rings. The first kappa shape index (κ1) is 27.3. The van der Waals surface area contributed by atoms with Gasteiger partial charge in [0.25, 0.3) is 5.92 Å². The van der Waals surface area contributed by atoms with Crippen molar-refractivity contribution in [3.8, 4) is 0 Å². The van der Waals surface area contributed by atoms with Crippen LogP contribution < -0.4 is 0 Å². The first-order valence-electron chi connectivity index (χ1n) is 12.9. The van der Waals surface area contributed by atoms with Gasteiger partial charge >= 0.3 is 5.97 Å². The van der Waals surface area contributed by atoms with Crippen molar-refractivity contribution in [2.45, 2.75) is 44.7 Å². The van der Waals surface area contributed by atoms with Crippen LogP contribution in [0.1, 0.15) is 59.1 Å². The normalized spacial score (nSPS) is 20.2. The Morgan fingerprint density at radius 1 is 1.18 bits per heavy atom. The minimum Gasteiger partial charge on any atom is -0.478 e. The Balaban J connectivity index is 1.57. The molecule has 39 heavy (non-hydrogen) atoms. The van der Waals surface area contributed by atoms with Crippen molar-refractivity contribution >= 4 is 22.9 Å². The Morgan fingerprint density at radius 2 is 1.87 bits per heavy atom. The van der Waals surface area contributed by atoms with Gasteiger partial charge in [0, 0.05) is 54.8 Å². The fraction of sp³-hybridized carbons (Fsp3) is 0.414. The molecule has 5 rings (SSSR count). The number of hydrogen-bond donors (Lipinski definition) is 2. The Bertz CT molecular complexity index is 1410. The topological polar surface area (TPSA) is 59.6 Å². The number of likely N-dealkylation sites (tertiary alicyclic amines) is 1. The molecule has 0 unspecified atom stereocenters. The molecule has 2 N–H and O–H groups in total. The lowest BCUT2D eigenvalue weighted by Crippen LogP contribution is -2.47. The zero-order valence-corrected chi connectivity index (χ0v) is 21.7. The molecule has 0 amide bonds. The van der Waals surface area contributed by atoms with Crippen molar-refractivity contribution in [2.24, 2.45) is 0 Å². The number of nitrogens with zero attached hydrogens (tertiary/aromatic N) is 2. The summed E-state index contributed by atoms with van der Waals surface area (Å²) in [6, 6.07) is 5.31. The minimum atomic E-state index is -3.12. The van der Waals surface area contributed by atoms with Crippen LogP contribution >= 0.6 is 0 Å². The van der Waals surface area contributed by atoms with E-state index in [4.69, 9.17) is 0 Å². The van der Waals surface area contributed by atoms with Crippen molar-refractivity contribution in [3.63, 3.8) is 0 Å². The number of benzene rings is 2. The third kappa shape index (κ3) is 5.45. The van der Waals surface area contributed by atoms with Crippen molar-refractivity contribution in [1.82, 2.24) is 14.8 Å². The van der Waals surface area contributed by atoms with Crippen LogP contribution in [0.4, 0.5) is 22.0 Å². The van der Waals surface area contributed by atoms with Crippen LogP contribution in [0.25, 0.3) is 17.0 Å². The number of rotatable bonds is 8. The maximum atomic E-state index is 15.7. The summed E-state index contributed by atoms with van der Waals surface area (Å²) in [6.45, 7) is 3.22. The van der Waals surface area contributed by atoms with Gasteiger partial charge < -0.3 is 10.1 Å². The Kier molecular flexibility index (Phi) is 7.28. The number of nitrogens with one attached hydrogen (secondary N) is 1. The lowest BCUT2D eigenvalue weighted by atomic mass is 9.87. The number of H-pyrrole nitrogens is 1. The monoisotopic (exact) mass is 547 g/mol. The predicted octanol–water partition coefficient (Wildman–Crippen LogP) is 6.19. The van der Waals surface area contributed by atoms with Crippen LogP contribution in [0.2, 0.25) is 0 Å². The van der Waals surface area contributed by atoms with Gasteiger partial charge in [0.15, 0.2) is 0 Å². The van der Waals surface area contributed by atoms with Gasteiger partial charge in [-0.1, -0.05) is 12.1 Å². The number of halogens is 5. The first-order valence-corrected chi connectivity index (χ1v) is 12.9. The minimum absolute atomic E-state index is 0.0386. The molecule has 3 heterocycles. The van der Waals surface area contributed by atoms with Gasteiger partial charge in [-0.25, -0.2) is 22.4 Å². The number of aromatic amines is 1. The highest BCUT2D eigenvalue weighted by molar-refractivity contribution is 5.95. The molecule has 1 aromatic heterocycles. The Hall–Kier alpha value is -3.24. The highest BCUT2D eigenvalue weighted by atomic mass is 19.3. The molecular weight excluding hydrogens is 517 g/mol. The van der Waals surface area contributed by atoms with E-state index in [-0.39, 0.29) is 11.1 Å². The van der Waals surface area contributed by atoms with Crippen molar-refractivity contribution < 1.29 is 31.9 Å². The van der Waals surface area contributed by atoms with Crippen LogP contribution in [0.15, 0.2) is 35.9 Å². The van der Waals surface area contributed by atoms with Crippen molar-refractivity contribution in [2.75, 3.05) is 32.9 Å². The average Bonchev–Trinajstić information content (AvgIpc) is 3.18. The van der Waals surface area contributed by atoms with Gasteiger partial charge in [-0.05, 0) is 60.7 Å². The third-order valence-electron chi connectivity index (χ3n) is 7.52. The van der Waals surface area contributed by atoms with E-state index in [1.807, 2.05) is 4.90 Å². The second-order valence-corrected chi connectivity index (χ2v) is 10.7. The smallest absolute Gasteiger partial charge is 0.335 e. The number of hydrogen-bond acceptors (Lipinski definition) is 3. The zero-order valence-electron chi connectivity index (χ0n) is 21.7. The molecule has 1 saturated heterocycles. The van der Waals surface area contributed by atoms with Crippen LogP contribution in [-0.2, 0) is 6.42 Å². The molecule has 0 saturated carbocycles. The average molecular weight is 548 g/mol. The highest BCUT2D eigenvalue weighted by Crippen LogP contribution is 2.43. The van der Waals surface area contributed by atoms with Crippen LogP contribution in [0, 0.1) is 11.6 Å². The van der Waals surface area contributed by atoms with Gasteiger partial charge in [0.05, 0.1) is 24.8 Å². The number of aromatic carboxylic acids is 1. The number of carboxylic acid groups (broad SMARTS) is 1. The maximum Gasteiger partial charge on any atom is 0.335 e. The van der Waals surface area contributed by atoms with Crippen LogP contribution in [0.5, 0.6) is 0 Å². The van der Waals surface area contributed by atoms with E-state index >= 15 is 8.78 Å². The summed E-state index contributed by atoms with van der Waals surface area (Å²) in [4.78, 5) is 18.0. The second kappa shape index (κ2) is 10.4. The molecular formula is C29H30F5N3O2. The lowest BCUT2D eigenvalue weighted by Gasteiger charge is -2.42. The van der Waals surface area contributed by atoms with E-state index in [9.17, 15) is 23.1 Å². The summed E-state index contributed by atoms with van der Waals surface area (Å²) in [5, 5.41) is 10.1. The van der Waals surface area contributed by atoms with Crippen LogP contribution in [-0.4, -0.2) is 70.7 Å². The zero-order chi connectivity index (χ0) is 28.1. The van der Waals surface area contributed by atoms with E-state index in [0.29, 0.717) is 54.6 Å². The molecule has 0 radical (unpaired) electrons. The lowest BCUT2D eigenvalue weighted by molar-refractivity contribution is -0.0374. The van der Waals surface area contributed by atoms with Crippen LogP contribution in [0.3, 0.4) is 0 Å². The Morgan fingerprint density at radius 3 is 2.49 bits per heavy atom. The fourth-order valence-electron chi connectivity index (χ4n) is 5.82. The van der Waals surface area contributed by atoms with Crippen molar-refractivity contribution in [3.05, 3.63) is 75.5 Å². The molecule has 2 atom stereocenters. The molecule has 208 valence electrons. The maximum absolute atomic E-state index is 15.7. The largest absolute Gasteiger partial charge is 0.478 e. The molecule has 2 aromatic carbocycles. The summed E-state index contributed by atoms with van der Waals surface area (Å²) in [7, 11) is 0. The summed E-state index contributed by atoms with van der Waals surface area (Å²) in [5.41, 5.74) is 2.56. The number of alkyl halides is 3. The van der Waals surface area contributed by atoms with Gasteiger partial charge in [0.1, 0.15) is 11.6 Å². The van der Waals surface area contributed by atoms with Gasteiger partial charge in [0.2, 0.25) is 0 Å². The van der Waals surface area contributed by atoms with E-state index in [1.165, 1.54) is 29.2 Å². The van der Waals surface area contributed by atoms with E-state index in [2.05, 4.69) is 4.98 Å². The first-order chi connectivity index (χ1) is 18.4. The molecule has 0 bridgehead atoms. The summed E-state index contributed by atoms with van der Waals surface area (Å²) in [6.07, 6.45) is 2.48. The Labute approximate surface area is 222 Å². The van der Waals surface area contributed by atoms with Gasteiger partial charge in [-0.3, -0.25) is 14.2 Å². The molecule has 3 aromatic rings. The van der Waals surface area contributed by atoms with E-state index in [1.54, 1.807) is 19.1 Å². The summed E-state index contributed by atoms with van der Waals surface area (Å²) in [5.74, 6) is -5.95. The molecule has 5 nitrogen and oxygen atoms in total. The standard InChI is InChI=1S/C29H30F5N3O2/c1-16-8-21-20-5-4-19(28(38)39)12-24(20)35-26(21)27(37(16)15-29(2,33)34)25-22(31)10-17(11-23(25)32)9-18-13-36(14-18)7-3-6-30/h4-5,9-12,16,27,35H,3,6-8,13-15H2,1-2H3,(H,38,39)/t16-,27-/m1/s1. The highest BCUT2D eigenvalue weighted by Gasteiger charge is 2.42. The molecule has 2 aliphatic heterocycles. The van der Waals surface area contributed by atoms with E-state index in [0.717, 1.165) is 18.1 Å². The fourth-order valence-corrected chi connectivity index (χ4v) is 5.82. The summed E-state index contributed by atoms with van der Waals surface area (Å²) >= 11 is 0.